The lowest BCUT2D eigenvalue weighted by molar-refractivity contribution is -0.146. The SMILES string of the molecule is CC[C@H](C)[C@H](NC(=O)[C@H](CCCNC(=N)N)NC(=O)[C@H](CC(N)=O)NC(=O)[C@H](C)NC(=O)[C@H](Cc1ccccc1)NC(=O)[C@@H](NC(=O)[C@H](CCC(N)=O)NC(=O)[C@@H]1CCCN1C(=O)[C@H](CC(=O)O)NC(C)=O)[C@@H](C)O)C(=O)N[C@@H](Cc1ccc(O)cc1)C(=O)N[C@@H](CCCNC(=N)N)C(=O)N[C@@H](CCSC)C(=O)N[C@H](C(=O)N[C@@H](CCCCN)C(=O)N[C@@H](CC(C)C)C(=O)NCC(=O)N[C@@H](CC(C)C)C(=O)NCC(N)=O)[C@@H](C)CC. The maximum Gasteiger partial charge on any atom is 0.305 e. The van der Waals surface area contributed by atoms with E-state index in [1.807, 2.05) is 0 Å². The van der Waals surface area contributed by atoms with E-state index in [4.69, 9.17) is 45.2 Å². The number of guanidine groups is 2. The van der Waals surface area contributed by atoms with E-state index in [0.717, 1.165) is 25.7 Å². The van der Waals surface area contributed by atoms with Gasteiger partial charge in [0, 0.05) is 45.8 Å². The van der Waals surface area contributed by atoms with E-state index in [9.17, 15) is 102 Å². The Bertz CT molecular complexity index is 4910. The van der Waals surface area contributed by atoms with Crippen molar-refractivity contribution in [1.29, 1.82) is 10.8 Å². The standard InChI is InChI=1S/C96H156N28O25S/c1-13-51(7)76(91(146)116-59(25-18-19-36-97)83(138)118-65(42-50(5)6)81(136)108-48-74(131)111-64(41-49(3)4)80(135)107-47-73(100)130)122-86(141)63(35-40-150-12)114-82(137)60(26-20-37-105-95(101)102)112-88(143)67(44-57-29-31-58(127)32-30-57)119-92(147)77(52(8)14-2)121-84(139)61(27-21-38-106-96(103)104)113-89(144)68(45-72(99)129)117-79(134)53(9)109-87(142)66(43-56-23-16-15-17-24-56)120-93(148)78(54(10)125)123-85(140)62(33-34-71(98)128)115-90(145)70-28-22-39-124(70)94(149)69(46-75(132)133)110-55(11)126/h15-17,23-24,29-32,49-54,59-70,76-78,125,127H,13-14,18-22,25-28,33-48,97H2,1-12H3,(H2,98,128)(H2,99,129)(H2,100,130)(H,107,135)(H,108,136)(H,109,142)(H,110,126)(H,111,131)(H,112,143)(H,113,144)(H,114,137)(H,115,145)(H,116,146)(H,117,134)(H,118,138)(H,119,147)(H,120,148)(H,121,139)(H,122,141)(H,123,140)(H,132,133)(H4,101,102,105)(H4,103,104,106)/t51-,52-,53-,54+,59-,60-,61-,62-,63-,64-,65-,66-,67-,68-,69-,70-,76-,77-,78-/m0/s1. The van der Waals surface area contributed by atoms with Crippen LogP contribution < -0.4 is 135 Å². The van der Waals surface area contributed by atoms with E-state index in [1.54, 1.807) is 92.0 Å². The van der Waals surface area contributed by atoms with E-state index >= 15 is 19.2 Å². The van der Waals surface area contributed by atoms with E-state index in [2.05, 4.69) is 101 Å². The predicted molar refractivity (Wildman–Crippen MR) is 550 cm³/mol. The molecule has 36 N–H and O–H groups in total. The van der Waals surface area contributed by atoms with Gasteiger partial charge < -0.3 is 156 Å². The molecule has 54 heteroatoms. The summed E-state index contributed by atoms with van der Waals surface area (Å²) in [7, 11) is 0. The van der Waals surface area contributed by atoms with Crippen molar-refractivity contribution in [3.63, 3.8) is 0 Å². The largest absolute Gasteiger partial charge is 0.508 e. The van der Waals surface area contributed by atoms with Crippen LogP contribution in [0.15, 0.2) is 54.6 Å². The minimum absolute atomic E-state index is 0.00212. The van der Waals surface area contributed by atoms with Gasteiger partial charge >= 0.3 is 5.97 Å². The number of rotatable bonds is 70. The van der Waals surface area contributed by atoms with E-state index in [-0.39, 0.29) is 139 Å². The number of hydrogen-bond donors (Lipinski definition) is 30. The topological polar surface area (TPSA) is 872 Å². The Labute approximate surface area is 875 Å². The number of primary amides is 3. The minimum atomic E-state index is -1.96. The predicted octanol–water partition coefficient (Wildman–Crippen LogP) is -7.21. The zero-order valence-corrected chi connectivity index (χ0v) is 87.9. The molecule has 19 atom stereocenters. The van der Waals surface area contributed by atoms with Gasteiger partial charge in [0.15, 0.2) is 11.9 Å². The van der Waals surface area contributed by atoms with Gasteiger partial charge in [0.25, 0.3) is 0 Å². The summed E-state index contributed by atoms with van der Waals surface area (Å²) in [5.41, 5.74) is 34.1. The normalized spacial score (nSPS) is 15.7. The molecule has 1 heterocycles. The highest BCUT2D eigenvalue weighted by Gasteiger charge is 2.44. The number of phenols is 1. The highest BCUT2D eigenvalue weighted by Crippen LogP contribution is 2.23. The van der Waals surface area contributed by atoms with Crippen LogP contribution in [0.4, 0.5) is 0 Å². The van der Waals surface area contributed by atoms with Crippen LogP contribution in [0.1, 0.15) is 203 Å². The summed E-state index contributed by atoms with van der Waals surface area (Å²) < 4.78 is 0. The van der Waals surface area contributed by atoms with Gasteiger partial charge in [-0.2, -0.15) is 11.8 Å². The quantitative estimate of drug-likeness (QED) is 0.0166. The molecule has 150 heavy (non-hydrogen) atoms. The van der Waals surface area contributed by atoms with Crippen LogP contribution in [-0.4, -0.2) is 316 Å². The van der Waals surface area contributed by atoms with Gasteiger partial charge in [-0.3, -0.25) is 116 Å². The van der Waals surface area contributed by atoms with Gasteiger partial charge in [-0.25, -0.2) is 0 Å². The molecule has 0 spiro atoms. The number of phenolic OH excluding ortho intramolecular Hbond substituents is 1. The number of benzene rings is 2. The first-order valence-corrected chi connectivity index (χ1v) is 51.3. The molecule has 2 aromatic carbocycles. The number of aromatic hydroxyl groups is 1. The Balaban J connectivity index is 2.04. The summed E-state index contributed by atoms with van der Waals surface area (Å²) in [6.45, 7) is 15.9. The first-order chi connectivity index (χ1) is 70.6. The molecular formula is C96H156N28O25S. The van der Waals surface area contributed by atoms with Crippen LogP contribution in [0.25, 0.3) is 0 Å². The highest BCUT2D eigenvalue weighted by molar-refractivity contribution is 7.98. The molecule has 21 amide bonds. The van der Waals surface area contributed by atoms with Crippen LogP contribution in [0.5, 0.6) is 5.75 Å². The molecule has 0 aliphatic carbocycles. The van der Waals surface area contributed by atoms with Crippen molar-refractivity contribution in [3.05, 3.63) is 65.7 Å². The number of carbonyl (C=O) groups excluding carboxylic acids is 21. The smallest absolute Gasteiger partial charge is 0.305 e. The Morgan fingerprint density at radius 3 is 1.28 bits per heavy atom. The van der Waals surface area contributed by atoms with E-state index in [1.165, 1.54) is 36.0 Å². The molecule has 1 fully saturated rings. The number of amides is 21. The minimum Gasteiger partial charge on any atom is -0.508 e. The zero-order chi connectivity index (χ0) is 113. The first-order valence-electron chi connectivity index (χ1n) is 49.9. The number of nitrogens with two attached hydrogens (primary N) is 6. The lowest BCUT2D eigenvalue weighted by Crippen LogP contribution is -2.62. The molecule has 1 saturated heterocycles. The summed E-state index contributed by atoms with van der Waals surface area (Å²) in [5, 5.41) is 94.9. The van der Waals surface area contributed by atoms with Crippen molar-refractivity contribution in [2.75, 3.05) is 51.3 Å². The highest BCUT2D eigenvalue weighted by atomic mass is 32.2. The molecular weight excluding hydrogens is 1980 g/mol. The molecule has 0 unspecified atom stereocenters. The number of carbonyl (C=O) groups is 22. The molecule has 0 saturated carbocycles. The molecule has 3 rings (SSSR count). The van der Waals surface area contributed by atoms with Crippen LogP contribution >= 0.6 is 11.8 Å². The van der Waals surface area contributed by atoms with Crippen molar-refractivity contribution in [2.24, 2.45) is 58.1 Å². The number of carboxylic acid groups (broad SMARTS) is 1. The number of unbranched alkanes of at least 4 members (excludes halogenated alkanes) is 1. The van der Waals surface area contributed by atoms with Gasteiger partial charge in [-0.15, -0.1) is 0 Å². The molecule has 2 aromatic rings. The van der Waals surface area contributed by atoms with Gasteiger partial charge in [0.1, 0.15) is 102 Å². The Kier molecular flexibility index (Phi) is 58.2. The summed E-state index contributed by atoms with van der Waals surface area (Å²) >= 11 is 1.29. The van der Waals surface area contributed by atoms with Crippen LogP contribution in [-0.2, 0) is 118 Å². The summed E-state index contributed by atoms with van der Waals surface area (Å²) in [6.07, 6.45) is -2.88. The third-order valence-electron chi connectivity index (χ3n) is 24.2. The monoisotopic (exact) mass is 2130 g/mol. The second-order valence-corrected chi connectivity index (χ2v) is 38.8. The molecule has 1 aliphatic heterocycles. The van der Waals surface area contributed by atoms with Crippen LogP contribution in [0.3, 0.4) is 0 Å². The van der Waals surface area contributed by atoms with E-state index in [0.29, 0.717) is 24.0 Å². The molecule has 53 nitrogen and oxygen atoms in total. The molecule has 0 aromatic heterocycles. The fraction of sp³-hybridized carbons (Fsp3) is 0.625. The number of nitrogens with zero attached hydrogens (tertiary/aromatic N) is 1. The fourth-order valence-corrected chi connectivity index (χ4v) is 16.2. The fourth-order valence-electron chi connectivity index (χ4n) is 15.7. The number of aliphatic hydroxyl groups is 1. The zero-order valence-electron chi connectivity index (χ0n) is 87.1. The Morgan fingerprint density at radius 1 is 0.420 bits per heavy atom. The van der Waals surface area contributed by atoms with Crippen LogP contribution in [0, 0.1) is 34.5 Å². The summed E-state index contributed by atoms with van der Waals surface area (Å²) in [5.74, 6) is -24.6. The Morgan fingerprint density at radius 2 is 0.833 bits per heavy atom. The summed E-state index contributed by atoms with van der Waals surface area (Å²) in [4.78, 5) is 306. The number of thioether (sulfide) groups is 1. The average molecular weight is 2130 g/mol. The van der Waals surface area contributed by atoms with Crippen molar-refractivity contribution in [3.8, 4) is 5.75 Å². The molecule has 0 bridgehead atoms. The number of carboxylic acids is 1. The summed E-state index contributed by atoms with van der Waals surface area (Å²) in [6, 6.07) is -11.8. The number of likely N-dealkylation sites (tertiary alicyclic amines) is 1. The maximum absolute atomic E-state index is 15.3. The van der Waals surface area contributed by atoms with Crippen molar-refractivity contribution < 1.29 is 121 Å². The molecule has 1 aliphatic rings. The van der Waals surface area contributed by atoms with Gasteiger partial charge in [0.2, 0.25) is 124 Å². The van der Waals surface area contributed by atoms with Gasteiger partial charge in [0.05, 0.1) is 32.0 Å². The van der Waals surface area contributed by atoms with E-state index < -0.39 is 295 Å². The second-order valence-electron chi connectivity index (χ2n) is 37.8. The number of nitrogens with one attached hydrogen (secondary N) is 21. The lowest BCUT2D eigenvalue weighted by atomic mass is 9.96. The van der Waals surface area contributed by atoms with Crippen molar-refractivity contribution in [1.82, 2.24) is 106 Å². The molecule has 836 valence electrons. The van der Waals surface area contributed by atoms with Crippen LogP contribution in [0.2, 0.25) is 0 Å². The first kappa shape index (κ1) is 130. The average Bonchev–Trinajstić information content (AvgIpc) is 1.70. The number of aliphatic carboxylic acids is 1. The lowest BCUT2D eigenvalue weighted by Gasteiger charge is -2.30. The maximum atomic E-state index is 15.3. The number of hydrogen-bond acceptors (Lipinski definition) is 28. The third-order valence-corrected chi connectivity index (χ3v) is 24.8. The molecule has 0 radical (unpaired) electrons. The van der Waals surface area contributed by atoms with Gasteiger partial charge in [-0.1, -0.05) is 111 Å². The second kappa shape index (κ2) is 67.4. The third kappa shape index (κ3) is 48.6. The number of aliphatic hydroxyl groups excluding tert-OH is 1. The van der Waals surface area contributed by atoms with Gasteiger partial charge in [-0.05, 0) is 163 Å². The van der Waals surface area contributed by atoms with Crippen molar-refractivity contribution in [2.45, 2.75) is 307 Å². The Hall–Kier alpha value is -14.6. The van der Waals surface area contributed by atoms with Crippen molar-refractivity contribution >= 4 is 154 Å².